The topological polar surface area (TPSA) is 86.1 Å². The predicted octanol–water partition coefficient (Wildman–Crippen LogP) is 3.07. The molecule has 0 bridgehead atoms. The van der Waals surface area contributed by atoms with Crippen LogP contribution in [0.3, 0.4) is 0 Å². The van der Waals surface area contributed by atoms with Gasteiger partial charge in [-0.3, -0.25) is 4.79 Å². The minimum atomic E-state index is -0.384. The van der Waals surface area contributed by atoms with Crippen LogP contribution in [-0.4, -0.2) is 38.5 Å². The number of rotatable bonds is 8. The molecule has 0 saturated heterocycles. The zero-order valence-electron chi connectivity index (χ0n) is 15.1. The molecule has 1 amide bonds. The zero-order valence-corrected chi connectivity index (χ0v) is 15.9. The van der Waals surface area contributed by atoms with Crippen LogP contribution in [0.5, 0.6) is 0 Å². The molecule has 0 aliphatic carbocycles. The van der Waals surface area contributed by atoms with Crippen LogP contribution in [0.4, 0.5) is 5.69 Å². The summed E-state index contributed by atoms with van der Waals surface area (Å²) in [6, 6.07) is 6.59. The number of benzene rings is 1. The second-order valence-corrected chi connectivity index (χ2v) is 6.74. The lowest BCUT2D eigenvalue weighted by molar-refractivity contribution is -0.113. The number of ether oxygens (including phenoxy) is 1. The minimum absolute atomic E-state index is 0.168. The third-order valence-corrected chi connectivity index (χ3v) is 4.26. The molecule has 2 aromatic rings. The molecule has 0 atom stereocenters. The van der Waals surface area contributed by atoms with Crippen molar-refractivity contribution in [1.29, 1.82) is 0 Å². The van der Waals surface area contributed by atoms with Crippen molar-refractivity contribution in [2.75, 3.05) is 11.1 Å². The van der Waals surface area contributed by atoms with Gasteiger partial charge in [-0.1, -0.05) is 17.8 Å². The van der Waals surface area contributed by atoms with E-state index >= 15 is 0 Å². The van der Waals surface area contributed by atoms with Crippen molar-refractivity contribution < 1.29 is 14.3 Å². The van der Waals surface area contributed by atoms with Crippen molar-refractivity contribution in [3.63, 3.8) is 0 Å². The van der Waals surface area contributed by atoms with E-state index in [1.54, 1.807) is 44.2 Å². The van der Waals surface area contributed by atoms with Gasteiger partial charge < -0.3 is 14.6 Å². The van der Waals surface area contributed by atoms with Gasteiger partial charge in [0.05, 0.1) is 17.4 Å². The van der Waals surface area contributed by atoms with Gasteiger partial charge in [0.1, 0.15) is 5.82 Å². The number of thioether (sulfide) groups is 1. The first kappa shape index (κ1) is 19.7. The highest BCUT2D eigenvalue weighted by molar-refractivity contribution is 7.99. The highest BCUT2D eigenvalue weighted by Gasteiger charge is 2.12. The number of aryl methyl sites for hydroxylation is 1. The number of nitrogens with zero attached hydrogens (tertiary/aromatic N) is 3. The Labute approximate surface area is 156 Å². The fourth-order valence-corrected chi connectivity index (χ4v) is 2.90. The normalized spacial score (nSPS) is 10.6. The van der Waals surface area contributed by atoms with Crippen LogP contribution in [-0.2, 0) is 16.1 Å². The van der Waals surface area contributed by atoms with E-state index in [-0.39, 0.29) is 23.7 Å². The van der Waals surface area contributed by atoms with Crippen LogP contribution in [0.25, 0.3) is 0 Å². The average Bonchev–Trinajstić information content (AvgIpc) is 2.94. The Morgan fingerprint density at radius 1 is 1.31 bits per heavy atom. The number of carbonyl (C=O) groups is 2. The molecule has 2 rings (SSSR count). The number of nitrogens with one attached hydrogen (secondary N) is 1. The van der Waals surface area contributed by atoms with E-state index in [0.29, 0.717) is 23.0 Å². The first-order chi connectivity index (χ1) is 12.4. The average molecular weight is 374 g/mol. The maximum atomic E-state index is 12.1. The van der Waals surface area contributed by atoms with Crippen LogP contribution in [0, 0.1) is 6.92 Å². The Hall–Kier alpha value is -2.61. The largest absolute Gasteiger partial charge is 0.459 e. The summed E-state index contributed by atoms with van der Waals surface area (Å²) < 4.78 is 7.01. The molecule has 0 unspecified atom stereocenters. The molecule has 0 saturated carbocycles. The Morgan fingerprint density at radius 3 is 2.62 bits per heavy atom. The van der Waals surface area contributed by atoms with E-state index in [2.05, 4.69) is 22.1 Å². The van der Waals surface area contributed by atoms with Crippen LogP contribution in [0.1, 0.15) is 30.0 Å². The summed E-state index contributed by atoms with van der Waals surface area (Å²) in [4.78, 5) is 23.9. The molecular weight excluding hydrogens is 352 g/mol. The van der Waals surface area contributed by atoms with E-state index in [1.807, 2.05) is 11.5 Å². The molecule has 1 aromatic heterocycles. The van der Waals surface area contributed by atoms with E-state index in [1.165, 1.54) is 11.8 Å². The Bertz CT molecular complexity index is 784. The van der Waals surface area contributed by atoms with Gasteiger partial charge in [-0.2, -0.15) is 0 Å². The molecule has 8 heteroatoms. The molecule has 1 aromatic carbocycles. The lowest BCUT2D eigenvalue weighted by Crippen LogP contribution is -2.15. The van der Waals surface area contributed by atoms with Crippen molar-refractivity contribution >= 4 is 29.3 Å². The second kappa shape index (κ2) is 9.19. The smallest absolute Gasteiger partial charge is 0.338 e. The molecule has 26 heavy (non-hydrogen) atoms. The highest BCUT2D eigenvalue weighted by atomic mass is 32.2. The van der Waals surface area contributed by atoms with Gasteiger partial charge in [-0.05, 0) is 45.0 Å². The third-order valence-electron chi connectivity index (χ3n) is 3.29. The van der Waals surface area contributed by atoms with Gasteiger partial charge in [0.25, 0.3) is 0 Å². The molecule has 0 radical (unpaired) electrons. The number of hydrogen-bond acceptors (Lipinski definition) is 6. The van der Waals surface area contributed by atoms with Crippen molar-refractivity contribution in [2.24, 2.45) is 0 Å². The van der Waals surface area contributed by atoms with Crippen LogP contribution in [0.2, 0.25) is 0 Å². The number of hydrogen-bond donors (Lipinski definition) is 1. The quantitative estimate of drug-likeness (QED) is 0.434. The monoisotopic (exact) mass is 374 g/mol. The Morgan fingerprint density at radius 2 is 2.00 bits per heavy atom. The Balaban J connectivity index is 1.90. The summed E-state index contributed by atoms with van der Waals surface area (Å²) >= 11 is 1.31. The fourth-order valence-electron chi connectivity index (χ4n) is 2.11. The summed E-state index contributed by atoms with van der Waals surface area (Å²) in [5, 5.41) is 11.5. The minimum Gasteiger partial charge on any atom is -0.459 e. The van der Waals surface area contributed by atoms with Gasteiger partial charge in [0, 0.05) is 12.2 Å². The first-order valence-electron chi connectivity index (χ1n) is 8.15. The second-order valence-electron chi connectivity index (χ2n) is 5.80. The van der Waals surface area contributed by atoms with E-state index < -0.39 is 0 Å². The number of anilines is 1. The van der Waals surface area contributed by atoms with Gasteiger partial charge in [-0.25, -0.2) is 4.79 Å². The van der Waals surface area contributed by atoms with Crippen molar-refractivity contribution in [3.05, 3.63) is 48.3 Å². The lowest BCUT2D eigenvalue weighted by Gasteiger charge is -2.09. The Kier molecular flexibility index (Phi) is 6.97. The maximum Gasteiger partial charge on any atom is 0.338 e. The van der Waals surface area contributed by atoms with Gasteiger partial charge in [0.15, 0.2) is 5.16 Å². The van der Waals surface area contributed by atoms with Gasteiger partial charge in [-0.15, -0.1) is 16.8 Å². The number of carbonyl (C=O) groups excluding carboxylic acids is 2. The van der Waals surface area contributed by atoms with Gasteiger partial charge >= 0.3 is 5.97 Å². The zero-order chi connectivity index (χ0) is 19.1. The number of aromatic nitrogens is 3. The van der Waals surface area contributed by atoms with Crippen LogP contribution < -0.4 is 5.32 Å². The molecule has 0 aliphatic heterocycles. The molecule has 0 aliphatic rings. The van der Waals surface area contributed by atoms with Crippen molar-refractivity contribution in [1.82, 2.24) is 14.8 Å². The molecule has 138 valence electrons. The van der Waals surface area contributed by atoms with E-state index in [0.717, 1.165) is 5.82 Å². The van der Waals surface area contributed by atoms with Crippen molar-refractivity contribution in [3.8, 4) is 0 Å². The predicted molar refractivity (Wildman–Crippen MR) is 101 cm³/mol. The van der Waals surface area contributed by atoms with Crippen LogP contribution >= 0.6 is 11.8 Å². The van der Waals surface area contributed by atoms with Crippen LogP contribution in [0.15, 0.2) is 42.1 Å². The third kappa shape index (κ3) is 5.45. The molecular formula is C18H22N4O3S. The number of esters is 1. The lowest BCUT2D eigenvalue weighted by atomic mass is 10.2. The van der Waals surface area contributed by atoms with E-state index in [4.69, 9.17) is 4.74 Å². The summed E-state index contributed by atoms with van der Waals surface area (Å²) in [6.07, 6.45) is 1.58. The molecule has 0 spiro atoms. The van der Waals surface area contributed by atoms with Crippen molar-refractivity contribution in [2.45, 2.75) is 38.6 Å². The summed E-state index contributed by atoms with van der Waals surface area (Å²) in [6.45, 7) is 9.74. The SMILES string of the molecule is C=CCn1c(C)nnc1SCC(=O)Nc1ccc(C(=O)OC(C)C)cc1. The fraction of sp³-hybridized carbons (Fsp3) is 0.333. The maximum absolute atomic E-state index is 12.1. The van der Waals surface area contributed by atoms with Gasteiger partial charge in [0.2, 0.25) is 5.91 Å². The summed E-state index contributed by atoms with van der Waals surface area (Å²) in [5.74, 6) is 0.423. The standard InChI is InChI=1S/C18H22N4O3S/c1-5-10-22-13(4)20-21-18(22)26-11-16(23)19-15-8-6-14(7-9-15)17(24)25-12(2)3/h5-9,12H,1,10-11H2,2-4H3,(H,19,23). The van der Waals surface area contributed by atoms with E-state index in [9.17, 15) is 9.59 Å². The number of amides is 1. The molecule has 7 nitrogen and oxygen atoms in total. The molecule has 1 heterocycles. The summed E-state index contributed by atoms with van der Waals surface area (Å²) in [7, 11) is 0. The first-order valence-corrected chi connectivity index (χ1v) is 9.13. The number of allylic oxidation sites excluding steroid dienone is 1. The summed E-state index contributed by atoms with van der Waals surface area (Å²) in [5.41, 5.74) is 1.06. The molecule has 0 fully saturated rings. The molecule has 1 N–H and O–H groups in total. The highest BCUT2D eigenvalue weighted by Crippen LogP contribution is 2.18.